The minimum atomic E-state index is -1.20. The van der Waals surface area contributed by atoms with Gasteiger partial charge < -0.3 is 15.6 Å². The predicted octanol–water partition coefficient (Wildman–Crippen LogP) is 2.85. The highest BCUT2D eigenvalue weighted by Gasteiger charge is 2.23. The lowest BCUT2D eigenvalue weighted by Gasteiger charge is -2.17. The number of aliphatic carboxylic acids is 1. The van der Waals surface area contributed by atoms with Crippen LogP contribution in [0, 0.1) is 5.92 Å². The highest BCUT2D eigenvalue weighted by molar-refractivity contribution is 5.88. The first-order valence-electron chi connectivity index (χ1n) is 7.70. The molecule has 1 aromatic rings. The van der Waals surface area contributed by atoms with E-state index in [2.05, 4.69) is 13.8 Å². The molecule has 0 unspecified atom stereocenters. The quantitative estimate of drug-likeness (QED) is 0.596. The van der Waals surface area contributed by atoms with Crippen LogP contribution in [-0.2, 0) is 20.7 Å². The molecule has 23 heavy (non-hydrogen) atoms. The van der Waals surface area contributed by atoms with E-state index in [1.165, 1.54) is 12.5 Å². The standard InChI is InChI=1S/C18H25NO4/c1-11(2)9-14-5-7-15(8-6-14)12(3)18(22)23-13(4)16(10-19)17(20)21/h5-8,10-13H,9,19H2,1-4H3,(H,20,21)/b16-10-/t12-,13+/m0/s1. The summed E-state index contributed by atoms with van der Waals surface area (Å²) in [6, 6.07) is 7.83. The first kappa shape index (κ1) is 18.7. The summed E-state index contributed by atoms with van der Waals surface area (Å²) in [7, 11) is 0. The second-order valence-corrected chi connectivity index (χ2v) is 6.07. The van der Waals surface area contributed by atoms with E-state index < -0.39 is 24.0 Å². The lowest BCUT2D eigenvalue weighted by molar-refractivity contribution is -0.149. The summed E-state index contributed by atoms with van der Waals surface area (Å²) in [5, 5.41) is 8.98. The Morgan fingerprint density at radius 3 is 2.17 bits per heavy atom. The average molecular weight is 319 g/mol. The number of benzene rings is 1. The van der Waals surface area contributed by atoms with Gasteiger partial charge in [-0.05, 0) is 37.3 Å². The lowest BCUT2D eigenvalue weighted by Crippen LogP contribution is -2.25. The van der Waals surface area contributed by atoms with Gasteiger partial charge in [0.1, 0.15) is 6.10 Å². The van der Waals surface area contributed by atoms with E-state index in [1.807, 2.05) is 24.3 Å². The van der Waals surface area contributed by atoms with E-state index in [-0.39, 0.29) is 5.57 Å². The average Bonchev–Trinajstić information content (AvgIpc) is 2.46. The van der Waals surface area contributed by atoms with Gasteiger partial charge in [0.05, 0.1) is 11.5 Å². The fourth-order valence-corrected chi connectivity index (χ4v) is 2.27. The number of esters is 1. The van der Waals surface area contributed by atoms with Gasteiger partial charge in [-0.3, -0.25) is 4.79 Å². The number of carbonyl (C=O) groups is 2. The molecule has 2 atom stereocenters. The third kappa shape index (κ3) is 5.43. The molecular weight excluding hydrogens is 294 g/mol. The SMILES string of the molecule is CC(C)Cc1ccc([C@H](C)C(=O)O[C@H](C)/C(=C/N)C(=O)O)cc1. The minimum absolute atomic E-state index is 0.141. The number of rotatable bonds is 7. The number of nitrogens with two attached hydrogens (primary N) is 1. The van der Waals surface area contributed by atoms with E-state index in [9.17, 15) is 9.59 Å². The van der Waals surface area contributed by atoms with E-state index in [4.69, 9.17) is 15.6 Å². The number of hydrogen-bond acceptors (Lipinski definition) is 4. The normalized spacial score (nSPS) is 14.4. The zero-order valence-electron chi connectivity index (χ0n) is 14.1. The van der Waals surface area contributed by atoms with Crippen molar-refractivity contribution in [3.05, 3.63) is 47.2 Å². The zero-order chi connectivity index (χ0) is 17.6. The van der Waals surface area contributed by atoms with E-state index in [1.54, 1.807) is 6.92 Å². The van der Waals surface area contributed by atoms with Crippen molar-refractivity contribution in [3.63, 3.8) is 0 Å². The fourth-order valence-electron chi connectivity index (χ4n) is 2.27. The van der Waals surface area contributed by atoms with Crippen molar-refractivity contribution in [1.29, 1.82) is 0 Å². The maximum absolute atomic E-state index is 12.2. The smallest absolute Gasteiger partial charge is 0.336 e. The summed E-state index contributed by atoms with van der Waals surface area (Å²) < 4.78 is 5.21. The Bertz CT molecular complexity index is 575. The van der Waals surface area contributed by atoms with Crippen LogP contribution in [0.4, 0.5) is 0 Å². The third-order valence-corrected chi connectivity index (χ3v) is 3.63. The van der Waals surface area contributed by atoms with Gasteiger partial charge in [0.2, 0.25) is 0 Å². The van der Waals surface area contributed by atoms with Crippen molar-refractivity contribution in [1.82, 2.24) is 0 Å². The molecule has 0 aliphatic heterocycles. The molecule has 5 nitrogen and oxygen atoms in total. The molecule has 5 heteroatoms. The number of carbonyl (C=O) groups excluding carboxylic acids is 1. The van der Waals surface area contributed by atoms with Crippen LogP contribution in [0.3, 0.4) is 0 Å². The van der Waals surface area contributed by atoms with Gasteiger partial charge in [0, 0.05) is 6.20 Å². The van der Waals surface area contributed by atoms with Gasteiger partial charge in [-0.25, -0.2) is 4.79 Å². The molecule has 0 aromatic heterocycles. The molecule has 0 amide bonds. The van der Waals surface area contributed by atoms with Crippen molar-refractivity contribution < 1.29 is 19.4 Å². The largest absolute Gasteiger partial charge is 0.478 e. The van der Waals surface area contributed by atoms with Crippen LogP contribution in [0.1, 0.15) is 44.7 Å². The van der Waals surface area contributed by atoms with Crippen LogP contribution in [0.15, 0.2) is 36.0 Å². The van der Waals surface area contributed by atoms with Crippen LogP contribution in [-0.4, -0.2) is 23.1 Å². The Morgan fingerprint density at radius 1 is 1.17 bits per heavy atom. The van der Waals surface area contributed by atoms with Gasteiger partial charge in [-0.1, -0.05) is 38.1 Å². The van der Waals surface area contributed by atoms with Gasteiger partial charge in [0.25, 0.3) is 0 Å². The molecule has 1 rings (SSSR count). The summed E-state index contributed by atoms with van der Waals surface area (Å²) in [6.45, 7) is 7.53. The summed E-state index contributed by atoms with van der Waals surface area (Å²) in [5.41, 5.74) is 7.17. The van der Waals surface area contributed by atoms with Crippen LogP contribution in [0.5, 0.6) is 0 Å². The first-order chi connectivity index (χ1) is 10.8. The molecule has 0 aliphatic rings. The summed E-state index contributed by atoms with van der Waals surface area (Å²) in [5.74, 6) is -1.58. The summed E-state index contributed by atoms with van der Waals surface area (Å²) in [6.07, 6.45) is 1.04. The Kier molecular flexibility index (Phi) is 6.82. The van der Waals surface area contributed by atoms with Gasteiger partial charge in [-0.15, -0.1) is 0 Å². The van der Waals surface area contributed by atoms with Gasteiger partial charge in [0.15, 0.2) is 0 Å². The number of ether oxygens (including phenoxy) is 1. The Morgan fingerprint density at radius 2 is 1.74 bits per heavy atom. The number of hydrogen-bond donors (Lipinski definition) is 2. The Balaban J connectivity index is 2.75. The molecule has 126 valence electrons. The molecule has 0 bridgehead atoms. The van der Waals surface area contributed by atoms with Crippen molar-refractivity contribution in [3.8, 4) is 0 Å². The number of carboxylic acids is 1. The van der Waals surface area contributed by atoms with E-state index in [0.717, 1.165) is 18.2 Å². The molecule has 0 heterocycles. The molecule has 1 aromatic carbocycles. The highest BCUT2D eigenvalue weighted by Crippen LogP contribution is 2.20. The maximum atomic E-state index is 12.2. The van der Waals surface area contributed by atoms with Crippen LogP contribution < -0.4 is 5.73 Å². The fraction of sp³-hybridized carbons (Fsp3) is 0.444. The van der Waals surface area contributed by atoms with Crippen LogP contribution in [0.25, 0.3) is 0 Å². The van der Waals surface area contributed by atoms with Crippen molar-refractivity contribution in [2.24, 2.45) is 11.7 Å². The second kappa shape index (κ2) is 8.36. The van der Waals surface area contributed by atoms with Gasteiger partial charge >= 0.3 is 11.9 Å². The molecule has 3 N–H and O–H groups in total. The first-order valence-corrected chi connectivity index (χ1v) is 7.70. The molecule has 0 saturated carbocycles. The van der Waals surface area contributed by atoms with E-state index >= 15 is 0 Å². The summed E-state index contributed by atoms with van der Waals surface area (Å²) >= 11 is 0. The lowest BCUT2D eigenvalue weighted by atomic mass is 9.97. The molecule has 0 fully saturated rings. The van der Waals surface area contributed by atoms with Crippen molar-refractivity contribution >= 4 is 11.9 Å². The molecule has 0 radical (unpaired) electrons. The third-order valence-electron chi connectivity index (χ3n) is 3.63. The Labute approximate surface area is 137 Å². The van der Waals surface area contributed by atoms with E-state index in [0.29, 0.717) is 5.92 Å². The van der Waals surface area contributed by atoms with Crippen LogP contribution >= 0.6 is 0 Å². The summed E-state index contributed by atoms with van der Waals surface area (Å²) in [4.78, 5) is 23.2. The minimum Gasteiger partial charge on any atom is -0.478 e. The molecule has 0 aliphatic carbocycles. The molecular formula is C18H25NO4. The second-order valence-electron chi connectivity index (χ2n) is 6.07. The Hall–Kier alpha value is -2.30. The highest BCUT2D eigenvalue weighted by atomic mass is 16.5. The predicted molar refractivity (Wildman–Crippen MR) is 88.9 cm³/mol. The monoisotopic (exact) mass is 319 g/mol. The number of carboxylic acid groups (broad SMARTS) is 1. The topological polar surface area (TPSA) is 89.6 Å². The maximum Gasteiger partial charge on any atom is 0.336 e. The molecule has 0 saturated heterocycles. The van der Waals surface area contributed by atoms with Crippen LogP contribution in [0.2, 0.25) is 0 Å². The van der Waals surface area contributed by atoms with Gasteiger partial charge in [-0.2, -0.15) is 0 Å². The van der Waals surface area contributed by atoms with Crippen molar-refractivity contribution in [2.45, 2.75) is 46.1 Å². The molecule has 0 spiro atoms. The zero-order valence-corrected chi connectivity index (χ0v) is 14.1. The van der Waals surface area contributed by atoms with Crippen molar-refractivity contribution in [2.75, 3.05) is 0 Å².